The maximum absolute atomic E-state index is 10.1. The molecule has 3 N–H and O–H groups in total. The van der Waals surface area contributed by atoms with Gasteiger partial charge in [0.05, 0.1) is 6.54 Å². The fourth-order valence-electron chi connectivity index (χ4n) is 2.53. The number of nitrogens with zero attached hydrogens (tertiary/aromatic N) is 3. The van der Waals surface area contributed by atoms with Crippen LogP contribution in [0.2, 0.25) is 0 Å². The Morgan fingerprint density at radius 1 is 1.38 bits per heavy atom. The summed E-state index contributed by atoms with van der Waals surface area (Å²) >= 11 is 0. The number of nitrogen functional groups attached to an aromatic ring is 1. The number of hydrogen-bond donors (Lipinski definition) is 2. The average Bonchev–Trinajstić information content (AvgIpc) is 2.93. The number of β-amino-alcohol motifs (C(OH)–C–C–N with tert-alkyl or cyclic N) is 1. The molecule has 0 aliphatic carbocycles. The molecule has 6 nitrogen and oxygen atoms in total. The molecule has 21 heavy (non-hydrogen) atoms. The Kier molecular flexibility index (Phi) is 4.08. The lowest BCUT2D eigenvalue weighted by Gasteiger charge is -2.29. The van der Waals surface area contributed by atoms with E-state index in [4.69, 9.17) is 10.5 Å². The van der Waals surface area contributed by atoms with Gasteiger partial charge in [-0.1, -0.05) is 6.07 Å². The summed E-state index contributed by atoms with van der Waals surface area (Å²) in [6, 6.07) is 7.23. The van der Waals surface area contributed by atoms with Crippen LogP contribution in [0.15, 0.2) is 36.7 Å². The quantitative estimate of drug-likeness (QED) is 0.793. The molecule has 3 rings (SSSR count). The highest BCUT2D eigenvalue weighted by Crippen LogP contribution is 2.15. The lowest BCUT2D eigenvalue weighted by Crippen LogP contribution is -2.40. The fraction of sp³-hybridized carbons (Fsp3) is 0.400. The zero-order valence-corrected chi connectivity index (χ0v) is 11.9. The number of aliphatic hydroxyl groups is 1. The number of hydrogen-bond acceptors (Lipinski definition) is 5. The minimum atomic E-state index is -0.534. The minimum Gasteiger partial charge on any atom is -0.491 e. The SMILES string of the molecule is Nc1cccc(OCC(O)CN2CCn3ccnc3C2)c1. The van der Waals surface area contributed by atoms with Crippen molar-refractivity contribution in [3.8, 4) is 5.75 Å². The first-order chi connectivity index (χ1) is 10.2. The summed E-state index contributed by atoms with van der Waals surface area (Å²) in [5.41, 5.74) is 6.35. The molecule has 2 heterocycles. The largest absolute Gasteiger partial charge is 0.491 e. The Morgan fingerprint density at radius 2 is 2.29 bits per heavy atom. The van der Waals surface area contributed by atoms with Crippen molar-refractivity contribution in [1.82, 2.24) is 14.5 Å². The molecule has 112 valence electrons. The standard InChI is InChI=1S/C15H20N4O2/c16-12-2-1-3-14(8-12)21-11-13(20)9-18-6-7-19-5-4-17-15(19)10-18/h1-5,8,13,20H,6-7,9-11,16H2. The zero-order valence-electron chi connectivity index (χ0n) is 11.9. The molecule has 0 saturated carbocycles. The molecule has 2 aromatic rings. The summed E-state index contributed by atoms with van der Waals surface area (Å²) in [6.45, 7) is 3.43. The molecule has 1 aromatic heterocycles. The van der Waals surface area contributed by atoms with Crippen molar-refractivity contribution in [1.29, 1.82) is 0 Å². The van der Waals surface area contributed by atoms with E-state index in [9.17, 15) is 5.11 Å². The highest BCUT2D eigenvalue weighted by Gasteiger charge is 2.19. The molecule has 1 atom stereocenters. The number of benzene rings is 1. The molecule has 0 amide bonds. The van der Waals surface area contributed by atoms with Crippen LogP contribution in [0.3, 0.4) is 0 Å². The molecule has 0 bridgehead atoms. The Hall–Kier alpha value is -2.05. The summed E-state index contributed by atoms with van der Waals surface area (Å²) in [5.74, 6) is 1.73. The predicted octanol–water partition coefficient (Wildman–Crippen LogP) is 0.721. The second-order valence-electron chi connectivity index (χ2n) is 5.31. The molecule has 0 radical (unpaired) electrons. The molecule has 6 heteroatoms. The van der Waals surface area contributed by atoms with Crippen molar-refractivity contribution >= 4 is 5.69 Å². The van der Waals surface area contributed by atoms with E-state index in [1.807, 2.05) is 24.5 Å². The number of anilines is 1. The molecule has 0 spiro atoms. The maximum Gasteiger partial charge on any atom is 0.122 e. The van der Waals surface area contributed by atoms with Gasteiger partial charge in [-0.3, -0.25) is 4.90 Å². The normalized spacial score (nSPS) is 16.4. The Labute approximate surface area is 123 Å². The van der Waals surface area contributed by atoms with Gasteiger partial charge < -0.3 is 20.1 Å². The summed E-state index contributed by atoms with van der Waals surface area (Å²) in [5, 5.41) is 10.1. The lowest BCUT2D eigenvalue weighted by atomic mass is 10.3. The highest BCUT2D eigenvalue weighted by atomic mass is 16.5. The third kappa shape index (κ3) is 3.53. The van der Waals surface area contributed by atoms with Gasteiger partial charge in [-0.2, -0.15) is 0 Å². The van der Waals surface area contributed by atoms with E-state index in [0.29, 0.717) is 18.0 Å². The van der Waals surface area contributed by atoms with Crippen LogP contribution < -0.4 is 10.5 Å². The Morgan fingerprint density at radius 3 is 3.14 bits per heavy atom. The van der Waals surface area contributed by atoms with Crippen LogP contribution in [0, 0.1) is 0 Å². The average molecular weight is 288 g/mol. The molecule has 1 aromatic carbocycles. The summed E-state index contributed by atoms with van der Waals surface area (Å²) in [4.78, 5) is 6.50. The summed E-state index contributed by atoms with van der Waals surface area (Å²) in [6.07, 6.45) is 3.28. The van der Waals surface area contributed by atoms with E-state index in [1.54, 1.807) is 12.1 Å². The molecule has 1 unspecified atom stereocenters. The van der Waals surface area contributed by atoms with Crippen LogP contribution in [-0.4, -0.2) is 45.4 Å². The Bertz CT molecular complexity index is 599. The third-order valence-corrected chi connectivity index (χ3v) is 3.59. The van der Waals surface area contributed by atoms with E-state index in [0.717, 1.165) is 25.5 Å². The Balaban J connectivity index is 1.47. The maximum atomic E-state index is 10.1. The number of aliphatic hydroxyl groups excluding tert-OH is 1. The number of rotatable bonds is 5. The van der Waals surface area contributed by atoms with E-state index in [-0.39, 0.29) is 6.61 Å². The number of fused-ring (bicyclic) bond motifs is 1. The number of ether oxygens (including phenoxy) is 1. The molecule has 1 aliphatic rings. The molecule has 0 saturated heterocycles. The number of nitrogens with two attached hydrogens (primary N) is 1. The third-order valence-electron chi connectivity index (χ3n) is 3.59. The van der Waals surface area contributed by atoms with E-state index >= 15 is 0 Å². The van der Waals surface area contributed by atoms with E-state index in [2.05, 4.69) is 14.5 Å². The summed E-state index contributed by atoms with van der Waals surface area (Å²) in [7, 11) is 0. The van der Waals surface area contributed by atoms with Gasteiger partial charge in [-0.05, 0) is 12.1 Å². The van der Waals surface area contributed by atoms with Gasteiger partial charge in [0, 0.05) is 43.8 Å². The van der Waals surface area contributed by atoms with Crippen LogP contribution in [0.4, 0.5) is 5.69 Å². The van der Waals surface area contributed by atoms with Crippen LogP contribution in [0.1, 0.15) is 5.82 Å². The zero-order chi connectivity index (χ0) is 14.7. The van der Waals surface area contributed by atoms with Gasteiger partial charge in [0.25, 0.3) is 0 Å². The minimum absolute atomic E-state index is 0.258. The van der Waals surface area contributed by atoms with E-state index in [1.165, 1.54) is 0 Å². The second kappa shape index (κ2) is 6.15. The monoisotopic (exact) mass is 288 g/mol. The number of aromatic nitrogens is 2. The summed E-state index contributed by atoms with van der Waals surface area (Å²) < 4.78 is 7.71. The molecule has 1 aliphatic heterocycles. The van der Waals surface area contributed by atoms with Crippen molar-refractivity contribution in [2.24, 2.45) is 0 Å². The van der Waals surface area contributed by atoms with Gasteiger partial charge in [-0.25, -0.2) is 4.98 Å². The lowest BCUT2D eigenvalue weighted by molar-refractivity contribution is 0.0583. The van der Waals surface area contributed by atoms with Crippen molar-refractivity contribution < 1.29 is 9.84 Å². The smallest absolute Gasteiger partial charge is 0.122 e. The van der Waals surface area contributed by atoms with Crippen molar-refractivity contribution in [2.45, 2.75) is 19.2 Å². The second-order valence-corrected chi connectivity index (χ2v) is 5.31. The fourth-order valence-corrected chi connectivity index (χ4v) is 2.53. The molecule has 0 fully saturated rings. The molecular formula is C15H20N4O2. The van der Waals surface area contributed by atoms with Gasteiger partial charge >= 0.3 is 0 Å². The number of imidazole rings is 1. The van der Waals surface area contributed by atoms with Gasteiger partial charge in [0.1, 0.15) is 24.3 Å². The van der Waals surface area contributed by atoms with Crippen LogP contribution >= 0.6 is 0 Å². The first kappa shape index (κ1) is 13.9. The first-order valence-electron chi connectivity index (χ1n) is 7.09. The van der Waals surface area contributed by atoms with Gasteiger partial charge in [0.15, 0.2) is 0 Å². The van der Waals surface area contributed by atoms with Crippen LogP contribution in [-0.2, 0) is 13.1 Å². The van der Waals surface area contributed by atoms with Crippen molar-refractivity contribution in [3.63, 3.8) is 0 Å². The van der Waals surface area contributed by atoms with Crippen molar-refractivity contribution in [3.05, 3.63) is 42.5 Å². The van der Waals surface area contributed by atoms with E-state index < -0.39 is 6.10 Å². The first-order valence-corrected chi connectivity index (χ1v) is 7.09. The van der Waals surface area contributed by atoms with Crippen LogP contribution in [0.5, 0.6) is 5.75 Å². The van der Waals surface area contributed by atoms with Crippen molar-refractivity contribution in [2.75, 3.05) is 25.4 Å². The predicted molar refractivity (Wildman–Crippen MR) is 79.9 cm³/mol. The van der Waals surface area contributed by atoms with Gasteiger partial charge in [0.2, 0.25) is 0 Å². The molecular weight excluding hydrogens is 268 g/mol. The highest BCUT2D eigenvalue weighted by molar-refractivity contribution is 5.43. The topological polar surface area (TPSA) is 76.5 Å². The van der Waals surface area contributed by atoms with Crippen LogP contribution in [0.25, 0.3) is 0 Å². The van der Waals surface area contributed by atoms with Gasteiger partial charge in [-0.15, -0.1) is 0 Å².